The van der Waals surface area contributed by atoms with E-state index in [0.29, 0.717) is 103 Å². The Kier molecular flexibility index (Phi) is 27.7. The Bertz CT molecular complexity index is 1600. The lowest BCUT2D eigenvalue weighted by atomic mass is 9.90. The second-order valence-electron chi connectivity index (χ2n) is 16.5. The predicted molar refractivity (Wildman–Crippen MR) is 235 cm³/mol. The molecule has 356 valence electrons. The summed E-state index contributed by atoms with van der Waals surface area (Å²) in [6.07, 6.45) is 3.73. The molecule has 0 aliphatic carbocycles. The lowest BCUT2D eigenvalue weighted by Gasteiger charge is -2.23. The average Bonchev–Trinajstić information content (AvgIpc) is 3.68. The molecule has 0 aliphatic heterocycles. The van der Waals surface area contributed by atoms with Crippen molar-refractivity contribution in [2.24, 2.45) is 23.0 Å². The third-order valence-electron chi connectivity index (χ3n) is 9.15. The molecule has 2 rings (SSSR count). The second-order valence-corrected chi connectivity index (χ2v) is 16.5. The number of benzene rings is 1. The van der Waals surface area contributed by atoms with E-state index in [2.05, 4.69) is 58.9 Å². The molecule has 0 aliphatic rings. The molecule has 2 atom stereocenters. The third-order valence-corrected chi connectivity index (χ3v) is 9.15. The number of primary amides is 1. The van der Waals surface area contributed by atoms with Crippen molar-refractivity contribution in [3.05, 3.63) is 54.2 Å². The minimum Gasteiger partial charge on any atom is -0.475 e. The highest BCUT2D eigenvalue weighted by Gasteiger charge is 2.28. The first-order chi connectivity index (χ1) is 30.1. The number of hydrogen-bond donors (Lipinski definition) is 7. The van der Waals surface area contributed by atoms with Gasteiger partial charge in [0.25, 0.3) is 0 Å². The van der Waals surface area contributed by atoms with Gasteiger partial charge in [0.1, 0.15) is 12.3 Å². The second kappa shape index (κ2) is 32.0. The van der Waals surface area contributed by atoms with E-state index in [-0.39, 0.29) is 55.6 Å². The molecule has 20 heteroatoms. The Morgan fingerprint density at radius 2 is 1.48 bits per heavy atom. The van der Waals surface area contributed by atoms with Crippen molar-refractivity contribution in [1.29, 1.82) is 0 Å². The SMILES string of the molecule is C=C(NCc1cn(CCOCCOCCOCCOCCOCCC(C)(C)C)nn1)OCc1ccc(NC(=O)[C@H](CCCNC(N)=O)CC(=O)[C@H](CC(C)C)NC(=O)CNO)cc1. The van der Waals surface area contributed by atoms with Gasteiger partial charge >= 0.3 is 6.03 Å². The Morgan fingerprint density at radius 3 is 2.05 bits per heavy atom. The van der Waals surface area contributed by atoms with Gasteiger partial charge in [-0.05, 0) is 61.3 Å². The standard InChI is InChI=1S/C43H73N9O11/c1-32(2)26-38(49-40(54)29-47-57)39(53)27-35(8-7-14-45-42(44)56)41(55)48-36-11-9-34(10-12-36)31-63-33(3)46-28-37-30-52(51-50-37)15-17-59-19-21-61-23-25-62-24-22-60-20-18-58-16-13-43(4,5)6/h9-12,30,32,35,38,46-47,57H,3,7-8,13-29,31H2,1-2,4-6H3,(H,48,55)(H,49,54)(H3,44,45,56)/t35-,38+/m1/s1. The van der Waals surface area contributed by atoms with Crippen LogP contribution in [-0.4, -0.2) is 129 Å². The zero-order valence-corrected chi connectivity index (χ0v) is 37.9. The molecule has 0 spiro atoms. The highest BCUT2D eigenvalue weighted by atomic mass is 16.6. The van der Waals surface area contributed by atoms with E-state index < -0.39 is 23.9 Å². The molecule has 0 saturated carbocycles. The van der Waals surface area contributed by atoms with E-state index in [9.17, 15) is 19.2 Å². The molecule has 1 heterocycles. The molecule has 8 N–H and O–H groups in total. The molecule has 0 radical (unpaired) electrons. The van der Waals surface area contributed by atoms with Gasteiger partial charge in [-0.2, -0.15) is 5.48 Å². The highest BCUT2D eigenvalue weighted by Crippen LogP contribution is 2.20. The topological polar surface area (TPSA) is 261 Å². The molecular formula is C43H73N9O11. The van der Waals surface area contributed by atoms with Gasteiger partial charge in [0.15, 0.2) is 11.7 Å². The molecule has 4 amide bonds. The van der Waals surface area contributed by atoms with Crippen molar-refractivity contribution in [3.63, 3.8) is 0 Å². The van der Waals surface area contributed by atoms with Gasteiger partial charge in [-0.3, -0.25) is 14.4 Å². The number of ether oxygens (including phenoxy) is 6. The van der Waals surface area contributed by atoms with Crippen LogP contribution in [0.3, 0.4) is 0 Å². The maximum absolute atomic E-state index is 13.4. The van der Waals surface area contributed by atoms with Crippen molar-refractivity contribution in [1.82, 2.24) is 36.4 Å². The van der Waals surface area contributed by atoms with Crippen LogP contribution in [0.15, 0.2) is 42.9 Å². The number of nitrogens with one attached hydrogen (secondary N) is 5. The number of nitrogens with zero attached hydrogens (tertiary/aromatic N) is 3. The van der Waals surface area contributed by atoms with Crippen molar-refractivity contribution < 1.29 is 52.8 Å². The number of ketones is 1. The summed E-state index contributed by atoms with van der Waals surface area (Å²) in [5.41, 5.74) is 9.26. The average molecular weight is 892 g/mol. The smallest absolute Gasteiger partial charge is 0.312 e. The van der Waals surface area contributed by atoms with E-state index in [4.69, 9.17) is 39.4 Å². The van der Waals surface area contributed by atoms with Crippen LogP contribution in [0.1, 0.15) is 78.0 Å². The lowest BCUT2D eigenvalue weighted by molar-refractivity contribution is -0.130. The van der Waals surface area contributed by atoms with Crippen LogP contribution in [0.4, 0.5) is 10.5 Å². The molecule has 0 saturated heterocycles. The normalized spacial score (nSPS) is 12.4. The van der Waals surface area contributed by atoms with Crippen molar-refractivity contribution in [2.75, 3.05) is 84.5 Å². The van der Waals surface area contributed by atoms with Gasteiger partial charge in [-0.1, -0.05) is 52.0 Å². The Morgan fingerprint density at radius 1 is 0.873 bits per heavy atom. The number of amides is 4. The van der Waals surface area contributed by atoms with E-state index >= 15 is 0 Å². The Labute approximate surface area is 372 Å². The van der Waals surface area contributed by atoms with Gasteiger partial charge in [0.2, 0.25) is 11.8 Å². The quantitative estimate of drug-likeness (QED) is 0.0292. The monoisotopic (exact) mass is 892 g/mol. The molecule has 1 aromatic heterocycles. The fourth-order valence-electron chi connectivity index (χ4n) is 5.72. The number of carbonyl (C=O) groups excluding carboxylic acids is 4. The molecular weight excluding hydrogens is 819 g/mol. The molecule has 0 bridgehead atoms. The molecule has 20 nitrogen and oxygen atoms in total. The fourth-order valence-corrected chi connectivity index (χ4v) is 5.72. The minimum absolute atomic E-state index is 0.0783. The fraction of sp³-hybridized carbons (Fsp3) is 0.674. The highest BCUT2D eigenvalue weighted by molar-refractivity contribution is 5.97. The van der Waals surface area contributed by atoms with E-state index in [1.807, 2.05) is 20.0 Å². The van der Waals surface area contributed by atoms with Crippen LogP contribution in [0.2, 0.25) is 0 Å². The van der Waals surface area contributed by atoms with Crippen molar-refractivity contribution in [2.45, 2.75) is 92.5 Å². The molecule has 0 unspecified atom stereocenters. The first-order valence-electron chi connectivity index (χ1n) is 21.6. The van der Waals surface area contributed by atoms with Crippen molar-refractivity contribution in [3.8, 4) is 0 Å². The number of carbonyl (C=O) groups is 4. The first-order valence-corrected chi connectivity index (χ1v) is 21.6. The van der Waals surface area contributed by atoms with Crippen molar-refractivity contribution >= 4 is 29.3 Å². The molecule has 2 aromatic rings. The number of rotatable bonds is 37. The van der Waals surface area contributed by atoms with E-state index in [1.165, 1.54) is 0 Å². The van der Waals surface area contributed by atoms with Crippen LogP contribution < -0.4 is 32.5 Å². The number of anilines is 1. The van der Waals surface area contributed by atoms with Gasteiger partial charge in [0.05, 0.1) is 91.3 Å². The summed E-state index contributed by atoms with van der Waals surface area (Å²) in [7, 11) is 0. The molecule has 0 fully saturated rings. The summed E-state index contributed by atoms with van der Waals surface area (Å²) in [5.74, 6) is -1.57. The lowest BCUT2D eigenvalue weighted by Crippen LogP contribution is -2.45. The van der Waals surface area contributed by atoms with E-state index in [1.54, 1.807) is 34.4 Å². The summed E-state index contributed by atoms with van der Waals surface area (Å²) < 4.78 is 35.3. The number of urea groups is 1. The van der Waals surface area contributed by atoms with Gasteiger partial charge in [-0.15, -0.1) is 5.10 Å². The predicted octanol–water partition coefficient (Wildman–Crippen LogP) is 3.05. The maximum atomic E-state index is 13.4. The van der Waals surface area contributed by atoms with Gasteiger partial charge in [0, 0.05) is 31.2 Å². The largest absolute Gasteiger partial charge is 0.475 e. The third kappa shape index (κ3) is 27.9. The number of hydrogen-bond acceptors (Lipinski definition) is 15. The number of nitrogens with two attached hydrogens (primary N) is 1. The number of aromatic nitrogens is 3. The zero-order valence-electron chi connectivity index (χ0n) is 37.9. The zero-order chi connectivity index (χ0) is 46.3. The summed E-state index contributed by atoms with van der Waals surface area (Å²) >= 11 is 0. The summed E-state index contributed by atoms with van der Waals surface area (Å²) in [4.78, 5) is 50.1. The number of hydroxylamine groups is 1. The van der Waals surface area contributed by atoms with Gasteiger partial charge < -0.3 is 60.6 Å². The summed E-state index contributed by atoms with van der Waals surface area (Å²) in [5, 5.41) is 28.3. The first kappa shape index (κ1) is 54.4. The summed E-state index contributed by atoms with van der Waals surface area (Å²) in [6, 6.07) is 5.52. The van der Waals surface area contributed by atoms with Crippen LogP contribution in [0.5, 0.6) is 0 Å². The van der Waals surface area contributed by atoms with Crippen LogP contribution >= 0.6 is 0 Å². The van der Waals surface area contributed by atoms with Gasteiger partial charge in [-0.25, -0.2) is 9.48 Å². The molecule has 1 aromatic carbocycles. The van der Waals surface area contributed by atoms with Crippen LogP contribution in [0, 0.1) is 17.3 Å². The van der Waals surface area contributed by atoms with Crippen LogP contribution in [0.25, 0.3) is 0 Å². The summed E-state index contributed by atoms with van der Waals surface area (Å²) in [6.45, 7) is 20.5. The maximum Gasteiger partial charge on any atom is 0.312 e. The Balaban J connectivity index is 1.65. The van der Waals surface area contributed by atoms with E-state index in [0.717, 1.165) is 18.6 Å². The minimum atomic E-state index is -0.834. The molecule has 63 heavy (non-hydrogen) atoms. The van der Waals surface area contributed by atoms with Crippen LogP contribution in [-0.2, 0) is 62.5 Å². The number of Topliss-reactive ketones (excluding diaryl/α,β-unsaturated/α-hetero) is 1. The Hall–Kier alpha value is -4.70.